The SMILES string of the molecule is CC(=O)N1CCC(N(C(=O)C=Cc2ccccc2)c2ccc3[nH]c(C)cc3c2)CC1. The highest BCUT2D eigenvalue weighted by Crippen LogP contribution is 2.28. The van der Waals surface area contributed by atoms with Crippen molar-refractivity contribution >= 4 is 34.5 Å². The fourth-order valence-electron chi connectivity index (χ4n) is 4.18. The molecule has 1 aliphatic rings. The molecule has 0 unspecified atom stereocenters. The minimum Gasteiger partial charge on any atom is -0.359 e. The molecule has 2 aromatic carbocycles. The van der Waals surface area contributed by atoms with Gasteiger partial charge < -0.3 is 14.8 Å². The van der Waals surface area contributed by atoms with E-state index in [1.165, 1.54) is 0 Å². The number of aromatic amines is 1. The van der Waals surface area contributed by atoms with Gasteiger partial charge in [0.25, 0.3) is 5.91 Å². The molecule has 0 atom stereocenters. The lowest BCUT2D eigenvalue weighted by Gasteiger charge is -2.38. The Morgan fingerprint density at radius 3 is 2.50 bits per heavy atom. The number of carbonyl (C=O) groups is 2. The second kappa shape index (κ2) is 8.57. The maximum absolute atomic E-state index is 13.3. The lowest BCUT2D eigenvalue weighted by Crippen LogP contribution is -2.48. The zero-order valence-electron chi connectivity index (χ0n) is 17.5. The van der Waals surface area contributed by atoms with Gasteiger partial charge in [-0.05, 0) is 55.7 Å². The topological polar surface area (TPSA) is 56.4 Å². The minimum atomic E-state index is -0.0354. The van der Waals surface area contributed by atoms with E-state index in [4.69, 9.17) is 0 Å². The fourth-order valence-corrected chi connectivity index (χ4v) is 4.18. The molecule has 2 amide bonds. The Morgan fingerprint density at radius 2 is 1.80 bits per heavy atom. The second-order valence-corrected chi connectivity index (χ2v) is 7.91. The van der Waals surface area contributed by atoms with Crippen molar-refractivity contribution in [2.24, 2.45) is 0 Å². The highest BCUT2D eigenvalue weighted by Gasteiger charge is 2.29. The molecule has 0 bridgehead atoms. The molecule has 1 N–H and O–H groups in total. The van der Waals surface area contributed by atoms with Gasteiger partial charge in [-0.2, -0.15) is 0 Å². The number of carbonyl (C=O) groups excluding carboxylic acids is 2. The molecule has 1 aliphatic heterocycles. The van der Waals surface area contributed by atoms with Gasteiger partial charge in [0, 0.05) is 54.4 Å². The predicted octanol–water partition coefficient (Wildman–Crippen LogP) is 4.53. The Labute approximate surface area is 177 Å². The molecular weight excluding hydrogens is 374 g/mol. The zero-order chi connectivity index (χ0) is 21.1. The fraction of sp³-hybridized carbons (Fsp3) is 0.280. The van der Waals surface area contributed by atoms with Crippen molar-refractivity contribution < 1.29 is 9.59 Å². The first-order valence-corrected chi connectivity index (χ1v) is 10.4. The first-order valence-electron chi connectivity index (χ1n) is 10.4. The first kappa shape index (κ1) is 20.0. The number of hydrogen-bond acceptors (Lipinski definition) is 2. The number of nitrogens with one attached hydrogen (secondary N) is 1. The molecule has 3 aromatic rings. The van der Waals surface area contributed by atoms with Crippen molar-refractivity contribution in [3.05, 3.63) is 71.9 Å². The van der Waals surface area contributed by atoms with Gasteiger partial charge in [-0.3, -0.25) is 9.59 Å². The molecule has 30 heavy (non-hydrogen) atoms. The van der Waals surface area contributed by atoms with E-state index in [9.17, 15) is 9.59 Å². The minimum absolute atomic E-state index is 0.0354. The number of benzene rings is 2. The van der Waals surface area contributed by atoms with Crippen LogP contribution in [-0.2, 0) is 9.59 Å². The van der Waals surface area contributed by atoms with Gasteiger partial charge >= 0.3 is 0 Å². The summed E-state index contributed by atoms with van der Waals surface area (Å²) in [7, 11) is 0. The van der Waals surface area contributed by atoms with E-state index in [0.717, 1.165) is 40.7 Å². The van der Waals surface area contributed by atoms with E-state index >= 15 is 0 Å². The van der Waals surface area contributed by atoms with Crippen LogP contribution in [0.1, 0.15) is 31.0 Å². The highest BCUT2D eigenvalue weighted by atomic mass is 16.2. The van der Waals surface area contributed by atoms with Crippen molar-refractivity contribution in [3.8, 4) is 0 Å². The molecule has 1 saturated heterocycles. The largest absolute Gasteiger partial charge is 0.359 e. The van der Waals surface area contributed by atoms with Crippen molar-refractivity contribution in [2.45, 2.75) is 32.7 Å². The molecule has 0 saturated carbocycles. The molecule has 4 rings (SSSR count). The molecule has 2 heterocycles. The Hall–Kier alpha value is -3.34. The third kappa shape index (κ3) is 4.30. The summed E-state index contributed by atoms with van der Waals surface area (Å²) in [5.41, 5.74) is 4.05. The van der Waals surface area contributed by atoms with Crippen LogP contribution in [0.5, 0.6) is 0 Å². The van der Waals surface area contributed by atoms with Crippen LogP contribution in [-0.4, -0.2) is 40.8 Å². The van der Waals surface area contributed by atoms with Gasteiger partial charge in [0.2, 0.25) is 5.91 Å². The maximum atomic E-state index is 13.3. The molecule has 5 nitrogen and oxygen atoms in total. The van der Waals surface area contributed by atoms with Gasteiger partial charge in [0.15, 0.2) is 0 Å². The molecule has 154 valence electrons. The van der Waals surface area contributed by atoms with Crippen molar-refractivity contribution in [1.29, 1.82) is 0 Å². The number of nitrogens with zero attached hydrogens (tertiary/aromatic N) is 2. The Bertz CT molecular complexity index is 1080. The van der Waals surface area contributed by atoms with Crippen LogP contribution >= 0.6 is 0 Å². The number of aryl methyl sites for hydroxylation is 1. The van der Waals surface area contributed by atoms with E-state index in [1.54, 1.807) is 13.0 Å². The van der Waals surface area contributed by atoms with Crippen LogP contribution < -0.4 is 4.90 Å². The molecule has 0 spiro atoms. The second-order valence-electron chi connectivity index (χ2n) is 7.91. The van der Waals surface area contributed by atoms with Gasteiger partial charge in [0.1, 0.15) is 0 Å². The lowest BCUT2D eigenvalue weighted by molar-refractivity contribution is -0.129. The third-order valence-electron chi connectivity index (χ3n) is 5.75. The van der Waals surface area contributed by atoms with Crippen LogP contribution in [0.15, 0.2) is 60.7 Å². The molecule has 1 fully saturated rings. The summed E-state index contributed by atoms with van der Waals surface area (Å²) in [4.78, 5) is 32.1. The van der Waals surface area contributed by atoms with Crippen molar-refractivity contribution in [3.63, 3.8) is 0 Å². The summed E-state index contributed by atoms with van der Waals surface area (Å²) in [5.74, 6) is 0.0613. The average molecular weight is 402 g/mol. The first-order chi connectivity index (χ1) is 14.5. The molecule has 5 heteroatoms. The Kier molecular flexibility index (Phi) is 5.70. The summed E-state index contributed by atoms with van der Waals surface area (Å²) < 4.78 is 0. The molecular formula is C25H27N3O2. The monoisotopic (exact) mass is 401 g/mol. The van der Waals surface area contributed by atoms with Crippen molar-refractivity contribution in [2.75, 3.05) is 18.0 Å². The number of anilines is 1. The van der Waals surface area contributed by atoms with E-state index in [-0.39, 0.29) is 17.9 Å². The van der Waals surface area contributed by atoms with Gasteiger partial charge in [-0.15, -0.1) is 0 Å². The van der Waals surface area contributed by atoms with Crippen molar-refractivity contribution in [1.82, 2.24) is 9.88 Å². The van der Waals surface area contributed by atoms with E-state index < -0.39 is 0 Å². The summed E-state index contributed by atoms with van der Waals surface area (Å²) in [6.45, 7) is 4.99. The smallest absolute Gasteiger partial charge is 0.251 e. The normalized spacial score (nSPS) is 15.1. The van der Waals surface area contributed by atoms with Crippen LogP contribution in [0.25, 0.3) is 17.0 Å². The van der Waals surface area contributed by atoms with Crippen LogP contribution in [0.3, 0.4) is 0 Å². The predicted molar refractivity (Wildman–Crippen MR) is 121 cm³/mol. The number of rotatable bonds is 4. The van der Waals surface area contributed by atoms with E-state index in [1.807, 2.05) is 65.3 Å². The number of fused-ring (bicyclic) bond motifs is 1. The summed E-state index contributed by atoms with van der Waals surface area (Å²) in [5, 5.41) is 1.09. The number of H-pyrrole nitrogens is 1. The summed E-state index contributed by atoms with van der Waals surface area (Å²) in [6.07, 6.45) is 5.06. The van der Waals surface area contributed by atoms with Crippen LogP contribution in [0, 0.1) is 6.92 Å². The number of aromatic nitrogens is 1. The molecule has 0 aliphatic carbocycles. The van der Waals surface area contributed by atoms with Gasteiger partial charge in [0.05, 0.1) is 0 Å². The van der Waals surface area contributed by atoms with Crippen LogP contribution in [0.2, 0.25) is 0 Å². The Balaban J connectivity index is 1.64. The number of hydrogen-bond donors (Lipinski definition) is 1. The quantitative estimate of drug-likeness (QED) is 0.653. The van der Waals surface area contributed by atoms with Gasteiger partial charge in [-0.25, -0.2) is 0 Å². The van der Waals surface area contributed by atoms with Gasteiger partial charge in [-0.1, -0.05) is 30.3 Å². The van der Waals surface area contributed by atoms with Crippen LogP contribution in [0.4, 0.5) is 5.69 Å². The molecule has 0 radical (unpaired) electrons. The highest BCUT2D eigenvalue weighted by molar-refractivity contribution is 6.05. The summed E-state index contributed by atoms with van der Waals surface area (Å²) >= 11 is 0. The van der Waals surface area contributed by atoms with E-state index in [2.05, 4.69) is 17.1 Å². The van der Waals surface area contributed by atoms with E-state index in [0.29, 0.717) is 13.1 Å². The lowest BCUT2D eigenvalue weighted by atomic mass is 10.0. The number of likely N-dealkylation sites (tertiary alicyclic amines) is 1. The maximum Gasteiger partial charge on any atom is 0.251 e. The standard InChI is InChI=1S/C25H27N3O2/c1-18-16-21-17-23(9-10-24(21)26-18)28(22-12-14-27(15-13-22)19(2)29)25(30)11-8-20-6-4-3-5-7-20/h3-11,16-17,22,26H,12-15H2,1-2H3. The number of amides is 2. The number of piperidine rings is 1. The third-order valence-corrected chi connectivity index (χ3v) is 5.75. The molecule has 1 aromatic heterocycles. The average Bonchev–Trinajstić information content (AvgIpc) is 3.13. The Morgan fingerprint density at radius 1 is 1.07 bits per heavy atom. The summed E-state index contributed by atoms with van der Waals surface area (Å²) in [6, 6.07) is 18.1. The zero-order valence-corrected chi connectivity index (χ0v) is 17.5.